The lowest BCUT2D eigenvalue weighted by Gasteiger charge is -2.36. The van der Waals surface area contributed by atoms with Crippen LogP contribution in [-0.2, 0) is 4.43 Å². The first-order valence-corrected chi connectivity index (χ1v) is 14.8. The Labute approximate surface area is 181 Å². The minimum atomic E-state index is -1.73. The molecule has 1 fully saturated rings. The van der Waals surface area contributed by atoms with Crippen LogP contribution >= 0.6 is 0 Å². The van der Waals surface area contributed by atoms with Gasteiger partial charge < -0.3 is 19.3 Å². The molecule has 0 aromatic heterocycles. The molecule has 1 unspecified atom stereocenters. The molecule has 1 N–H and O–H groups in total. The molecule has 5 nitrogen and oxygen atoms in total. The van der Waals surface area contributed by atoms with Crippen molar-refractivity contribution in [2.75, 3.05) is 32.8 Å². The summed E-state index contributed by atoms with van der Waals surface area (Å²) in [6.45, 7) is 18.1. The Balaban J connectivity index is 2.59. The molecule has 0 saturated carbocycles. The second-order valence-corrected chi connectivity index (χ2v) is 15.1. The first-order chi connectivity index (χ1) is 13.6. The van der Waals surface area contributed by atoms with Crippen LogP contribution < -0.4 is 0 Å². The molecule has 1 rings (SSSR count). The quantitative estimate of drug-likeness (QED) is 0.264. The molecule has 0 aliphatic carbocycles. The van der Waals surface area contributed by atoms with Gasteiger partial charge in [-0.05, 0) is 63.3 Å². The predicted octanol–water partition coefficient (Wildman–Crippen LogP) is 6.20. The number of amides is 1. The monoisotopic (exact) mass is 428 g/mol. The third-order valence-electron chi connectivity index (χ3n) is 6.88. The number of carbonyl (C=O) groups is 1. The number of carboxylic acid groups (broad SMARTS) is 1. The number of likely N-dealkylation sites (tertiary alicyclic amines) is 1. The summed E-state index contributed by atoms with van der Waals surface area (Å²) in [6.07, 6.45) is 9.34. The molecule has 1 aliphatic rings. The van der Waals surface area contributed by atoms with Gasteiger partial charge in [0.25, 0.3) is 0 Å². The zero-order chi connectivity index (χ0) is 21.9. The summed E-state index contributed by atoms with van der Waals surface area (Å²) in [6, 6.07) is 0.120. The Morgan fingerprint density at radius 2 is 1.72 bits per heavy atom. The Morgan fingerprint density at radius 1 is 1.10 bits per heavy atom. The van der Waals surface area contributed by atoms with Crippen LogP contribution in [0.25, 0.3) is 0 Å². The van der Waals surface area contributed by atoms with Crippen LogP contribution in [0, 0.1) is 0 Å². The van der Waals surface area contributed by atoms with Gasteiger partial charge in [-0.2, -0.15) is 0 Å². The average Bonchev–Trinajstić information content (AvgIpc) is 3.13. The smallest absolute Gasteiger partial charge is 0.407 e. The van der Waals surface area contributed by atoms with Crippen molar-refractivity contribution in [2.24, 2.45) is 0 Å². The van der Waals surface area contributed by atoms with Crippen molar-refractivity contribution in [3.8, 4) is 0 Å². The Morgan fingerprint density at radius 3 is 2.28 bits per heavy atom. The van der Waals surface area contributed by atoms with E-state index in [1.807, 2.05) is 0 Å². The molecule has 1 heterocycles. The summed E-state index contributed by atoms with van der Waals surface area (Å²) in [5, 5.41) is 10.1. The number of hydrogen-bond donors (Lipinski definition) is 1. The number of nitrogens with zero attached hydrogens (tertiary/aromatic N) is 2. The highest BCUT2D eigenvalue weighted by Crippen LogP contribution is 2.36. The number of unbranched alkanes of at least 4 members (excludes halogenated alkanes) is 3. The van der Waals surface area contributed by atoms with Crippen LogP contribution in [0.4, 0.5) is 4.79 Å². The van der Waals surface area contributed by atoms with Crippen LogP contribution in [0.5, 0.6) is 0 Å². The zero-order valence-corrected chi connectivity index (χ0v) is 21.1. The van der Waals surface area contributed by atoms with Gasteiger partial charge in [0.2, 0.25) is 0 Å². The van der Waals surface area contributed by atoms with Crippen LogP contribution in [0.1, 0.15) is 85.5 Å². The van der Waals surface area contributed by atoms with Gasteiger partial charge in [0.15, 0.2) is 8.32 Å². The van der Waals surface area contributed by atoms with Gasteiger partial charge in [0.1, 0.15) is 0 Å². The largest absolute Gasteiger partial charge is 0.465 e. The van der Waals surface area contributed by atoms with Crippen molar-refractivity contribution in [3.63, 3.8) is 0 Å². The molecular formula is C23H48N2O3Si. The Kier molecular flexibility index (Phi) is 11.8. The first kappa shape index (κ1) is 26.4. The van der Waals surface area contributed by atoms with Gasteiger partial charge in [-0.1, -0.05) is 53.4 Å². The molecule has 0 bridgehead atoms. The lowest BCUT2D eigenvalue weighted by molar-refractivity contribution is 0.107. The molecule has 0 aromatic rings. The third-order valence-corrected chi connectivity index (χ3v) is 11.4. The van der Waals surface area contributed by atoms with Crippen molar-refractivity contribution in [1.82, 2.24) is 9.80 Å². The maximum atomic E-state index is 12.0. The normalized spacial score (nSPS) is 16.9. The SMILES string of the molecule is CCCCCCC(CCCO[Si](C)(C)C(C)(C)C)N(CCN1CCCC1)C(=O)O. The van der Waals surface area contributed by atoms with Crippen LogP contribution in [0.15, 0.2) is 0 Å². The standard InChI is InChI=1S/C23H48N2O3Si/c1-7-8-9-10-14-21(15-13-20-28-29(5,6)23(2,3)4)25(22(26)27)19-18-24-16-11-12-17-24/h21H,7-20H2,1-6H3,(H,26,27). The van der Waals surface area contributed by atoms with E-state index in [0.29, 0.717) is 6.54 Å². The van der Waals surface area contributed by atoms with Crippen molar-refractivity contribution in [3.05, 3.63) is 0 Å². The van der Waals surface area contributed by atoms with Gasteiger partial charge in [-0.15, -0.1) is 0 Å². The first-order valence-electron chi connectivity index (χ1n) is 11.9. The van der Waals surface area contributed by atoms with Crippen molar-refractivity contribution >= 4 is 14.4 Å². The van der Waals surface area contributed by atoms with Crippen LogP contribution in [-0.4, -0.2) is 68.1 Å². The average molecular weight is 429 g/mol. The fourth-order valence-electron chi connectivity index (χ4n) is 3.82. The second kappa shape index (κ2) is 13.0. The highest BCUT2D eigenvalue weighted by Gasteiger charge is 2.37. The van der Waals surface area contributed by atoms with E-state index in [9.17, 15) is 9.90 Å². The summed E-state index contributed by atoms with van der Waals surface area (Å²) in [4.78, 5) is 16.2. The fourth-order valence-corrected chi connectivity index (χ4v) is 4.90. The van der Waals surface area contributed by atoms with E-state index in [1.54, 1.807) is 4.90 Å². The zero-order valence-electron chi connectivity index (χ0n) is 20.1. The molecule has 1 aliphatic heterocycles. The Hall–Kier alpha value is -0.593. The molecule has 29 heavy (non-hydrogen) atoms. The van der Waals surface area contributed by atoms with E-state index in [1.165, 1.54) is 32.1 Å². The lowest BCUT2D eigenvalue weighted by atomic mass is 10.0. The molecule has 172 valence electrons. The van der Waals surface area contributed by atoms with Crippen molar-refractivity contribution < 1.29 is 14.3 Å². The summed E-state index contributed by atoms with van der Waals surface area (Å²) >= 11 is 0. The molecule has 1 amide bonds. The summed E-state index contributed by atoms with van der Waals surface area (Å²) in [5.74, 6) is 0. The maximum absolute atomic E-state index is 12.0. The number of hydrogen-bond acceptors (Lipinski definition) is 3. The van der Waals surface area contributed by atoms with Crippen molar-refractivity contribution in [1.29, 1.82) is 0 Å². The summed E-state index contributed by atoms with van der Waals surface area (Å²) in [7, 11) is -1.73. The maximum Gasteiger partial charge on any atom is 0.407 e. The van der Waals surface area contributed by atoms with E-state index in [4.69, 9.17) is 4.43 Å². The molecule has 1 atom stereocenters. The summed E-state index contributed by atoms with van der Waals surface area (Å²) < 4.78 is 6.33. The van der Waals surface area contributed by atoms with Gasteiger partial charge in [0, 0.05) is 25.7 Å². The van der Waals surface area contributed by atoms with Crippen LogP contribution in [0.2, 0.25) is 18.1 Å². The molecule has 6 heteroatoms. The number of rotatable bonds is 14. The molecule has 0 spiro atoms. The Bertz CT molecular complexity index is 460. The van der Waals surface area contributed by atoms with Gasteiger partial charge in [0.05, 0.1) is 0 Å². The van der Waals surface area contributed by atoms with E-state index in [0.717, 1.165) is 51.9 Å². The van der Waals surface area contributed by atoms with E-state index in [-0.39, 0.29) is 11.1 Å². The minimum absolute atomic E-state index is 0.120. The van der Waals surface area contributed by atoms with Crippen molar-refractivity contribution in [2.45, 2.75) is 110 Å². The van der Waals surface area contributed by atoms with E-state index < -0.39 is 14.4 Å². The molecular weight excluding hydrogens is 380 g/mol. The van der Waals surface area contributed by atoms with E-state index in [2.05, 4.69) is 45.7 Å². The highest BCUT2D eigenvalue weighted by molar-refractivity contribution is 6.74. The topological polar surface area (TPSA) is 53.0 Å². The highest BCUT2D eigenvalue weighted by atomic mass is 28.4. The third kappa shape index (κ3) is 9.84. The molecule has 0 radical (unpaired) electrons. The fraction of sp³-hybridized carbons (Fsp3) is 0.957. The van der Waals surface area contributed by atoms with Gasteiger partial charge in [-0.25, -0.2) is 4.79 Å². The summed E-state index contributed by atoms with van der Waals surface area (Å²) in [5.41, 5.74) is 0. The van der Waals surface area contributed by atoms with E-state index >= 15 is 0 Å². The van der Waals surface area contributed by atoms with Gasteiger partial charge in [-0.3, -0.25) is 0 Å². The molecule has 0 aromatic carbocycles. The van der Waals surface area contributed by atoms with Crippen LogP contribution in [0.3, 0.4) is 0 Å². The second-order valence-electron chi connectivity index (χ2n) is 10.3. The lowest BCUT2D eigenvalue weighted by Crippen LogP contribution is -2.44. The predicted molar refractivity (Wildman–Crippen MR) is 125 cm³/mol. The van der Waals surface area contributed by atoms with Gasteiger partial charge >= 0.3 is 6.09 Å². The molecule has 1 saturated heterocycles. The minimum Gasteiger partial charge on any atom is -0.465 e.